The highest BCUT2D eigenvalue weighted by Crippen LogP contribution is 2.51. The third kappa shape index (κ3) is 3.82. The summed E-state index contributed by atoms with van der Waals surface area (Å²) in [5.41, 5.74) is 12.7. The van der Waals surface area contributed by atoms with E-state index < -0.39 is 0 Å². The van der Waals surface area contributed by atoms with E-state index in [1.807, 2.05) is 0 Å². The molecule has 0 heterocycles. The van der Waals surface area contributed by atoms with E-state index in [0.29, 0.717) is 0 Å². The van der Waals surface area contributed by atoms with Crippen molar-refractivity contribution in [2.75, 3.05) is 0 Å². The van der Waals surface area contributed by atoms with E-state index in [1.54, 1.807) is 0 Å². The van der Waals surface area contributed by atoms with Crippen molar-refractivity contribution in [2.24, 2.45) is 0 Å². The first-order valence-electron chi connectivity index (χ1n) is 12.5. The molecular formula is C36H28. The standard InChI is InChI=1S/C36H28/c1-25-23-31-32(24-26(25)2)34(28-17-9-4-10-18-28)36(30-21-13-6-14-22-30)35(29-19-11-5-12-20-29)33(31)27-15-7-3-8-16-27/h3-24H,1-2H3. The Hall–Kier alpha value is -4.42. The van der Waals surface area contributed by atoms with Crippen LogP contribution in [0.2, 0.25) is 0 Å². The molecule has 6 rings (SSSR count). The van der Waals surface area contributed by atoms with Gasteiger partial charge in [-0.05, 0) is 80.3 Å². The zero-order chi connectivity index (χ0) is 24.5. The summed E-state index contributed by atoms with van der Waals surface area (Å²) in [7, 11) is 0. The molecule has 0 heteroatoms. The van der Waals surface area contributed by atoms with Crippen LogP contribution in [0.25, 0.3) is 55.3 Å². The minimum Gasteiger partial charge on any atom is -0.0622 e. The fourth-order valence-electron chi connectivity index (χ4n) is 5.35. The van der Waals surface area contributed by atoms with Gasteiger partial charge in [-0.1, -0.05) is 133 Å². The second kappa shape index (κ2) is 9.32. The van der Waals surface area contributed by atoms with Crippen molar-refractivity contribution in [1.29, 1.82) is 0 Å². The van der Waals surface area contributed by atoms with E-state index in [-0.39, 0.29) is 0 Å². The van der Waals surface area contributed by atoms with Crippen LogP contribution in [0.4, 0.5) is 0 Å². The number of fused-ring (bicyclic) bond motifs is 1. The second-order valence-corrected chi connectivity index (χ2v) is 9.45. The lowest BCUT2D eigenvalue weighted by Gasteiger charge is -2.25. The molecule has 0 aliphatic heterocycles. The van der Waals surface area contributed by atoms with Gasteiger partial charge >= 0.3 is 0 Å². The fraction of sp³-hybridized carbons (Fsp3) is 0.0556. The first-order valence-corrected chi connectivity index (χ1v) is 12.5. The minimum atomic E-state index is 1.23. The van der Waals surface area contributed by atoms with E-state index >= 15 is 0 Å². The van der Waals surface area contributed by atoms with Gasteiger partial charge in [0.05, 0.1) is 0 Å². The normalized spacial score (nSPS) is 11.1. The Balaban J connectivity index is 1.93. The van der Waals surface area contributed by atoms with E-state index in [1.165, 1.54) is 66.4 Å². The third-order valence-electron chi connectivity index (χ3n) is 7.17. The van der Waals surface area contributed by atoms with Gasteiger partial charge in [-0.25, -0.2) is 0 Å². The van der Waals surface area contributed by atoms with Crippen molar-refractivity contribution >= 4 is 10.8 Å². The van der Waals surface area contributed by atoms with Crippen molar-refractivity contribution in [3.63, 3.8) is 0 Å². The number of aryl methyl sites for hydroxylation is 2. The second-order valence-electron chi connectivity index (χ2n) is 9.45. The molecule has 0 radical (unpaired) electrons. The summed E-state index contributed by atoms with van der Waals surface area (Å²) in [6, 6.07) is 48.3. The molecule has 172 valence electrons. The molecule has 0 aromatic heterocycles. The van der Waals surface area contributed by atoms with E-state index in [4.69, 9.17) is 0 Å². The van der Waals surface area contributed by atoms with Crippen molar-refractivity contribution < 1.29 is 0 Å². The summed E-state index contributed by atoms with van der Waals surface area (Å²) >= 11 is 0. The Morgan fingerprint density at radius 2 is 0.556 bits per heavy atom. The highest BCUT2D eigenvalue weighted by atomic mass is 14.3. The average Bonchev–Trinajstić information content (AvgIpc) is 2.94. The van der Waals surface area contributed by atoms with Crippen LogP contribution < -0.4 is 0 Å². The van der Waals surface area contributed by atoms with Gasteiger partial charge in [-0.15, -0.1) is 0 Å². The highest BCUT2D eigenvalue weighted by molar-refractivity contribution is 6.18. The molecular weight excluding hydrogens is 432 g/mol. The summed E-state index contributed by atoms with van der Waals surface area (Å²) in [6.45, 7) is 4.44. The van der Waals surface area contributed by atoms with Crippen LogP contribution in [0.5, 0.6) is 0 Å². The molecule has 0 aliphatic carbocycles. The smallest absolute Gasteiger partial charge is 0.00141 e. The Morgan fingerprint density at radius 1 is 0.306 bits per heavy atom. The van der Waals surface area contributed by atoms with E-state index in [2.05, 4.69) is 147 Å². The molecule has 36 heavy (non-hydrogen) atoms. The lowest BCUT2D eigenvalue weighted by Crippen LogP contribution is -1.98. The molecule has 6 aromatic carbocycles. The van der Waals surface area contributed by atoms with Gasteiger partial charge in [0.15, 0.2) is 0 Å². The zero-order valence-corrected chi connectivity index (χ0v) is 20.7. The molecule has 6 aromatic rings. The molecule has 0 spiro atoms. The van der Waals surface area contributed by atoms with Crippen LogP contribution in [-0.4, -0.2) is 0 Å². The van der Waals surface area contributed by atoms with Crippen molar-refractivity contribution in [3.05, 3.63) is 145 Å². The molecule has 0 unspecified atom stereocenters. The Bertz CT molecular complexity index is 1520. The maximum Gasteiger partial charge on any atom is -0.00141 e. The first-order chi connectivity index (χ1) is 17.7. The summed E-state index contributed by atoms with van der Waals surface area (Å²) < 4.78 is 0. The Labute approximate surface area is 213 Å². The predicted molar refractivity (Wildman–Crippen MR) is 155 cm³/mol. The maximum atomic E-state index is 2.39. The molecule has 0 aliphatic rings. The number of benzene rings is 6. The van der Waals surface area contributed by atoms with Crippen LogP contribution >= 0.6 is 0 Å². The molecule has 0 nitrogen and oxygen atoms in total. The van der Waals surface area contributed by atoms with Gasteiger partial charge in [0.25, 0.3) is 0 Å². The monoisotopic (exact) mass is 460 g/mol. The molecule has 0 atom stereocenters. The quantitative estimate of drug-likeness (QED) is 0.245. The number of hydrogen-bond donors (Lipinski definition) is 0. The Morgan fingerprint density at radius 3 is 0.833 bits per heavy atom. The van der Waals surface area contributed by atoms with Crippen LogP contribution in [0.15, 0.2) is 133 Å². The lowest BCUT2D eigenvalue weighted by molar-refractivity contribution is 1.36. The van der Waals surface area contributed by atoms with E-state index in [9.17, 15) is 0 Å². The van der Waals surface area contributed by atoms with Gasteiger partial charge in [-0.3, -0.25) is 0 Å². The van der Waals surface area contributed by atoms with Crippen LogP contribution in [-0.2, 0) is 0 Å². The van der Waals surface area contributed by atoms with Crippen molar-refractivity contribution in [1.82, 2.24) is 0 Å². The van der Waals surface area contributed by atoms with Gasteiger partial charge in [-0.2, -0.15) is 0 Å². The van der Waals surface area contributed by atoms with E-state index in [0.717, 1.165) is 0 Å². The zero-order valence-electron chi connectivity index (χ0n) is 20.7. The molecule has 0 amide bonds. The Kier molecular flexibility index (Phi) is 5.71. The molecule has 0 saturated carbocycles. The number of hydrogen-bond acceptors (Lipinski definition) is 0. The van der Waals surface area contributed by atoms with Crippen molar-refractivity contribution in [2.45, 2.75) is 13.8 Å². The highest BCUT2D eigenvalue weighted by Gasteiger charge is 2.24. The van der Waals surface area contributed by atoms with Gasteiger partial charge in [0.1, 0.15) is 0 Å². The first kappa shape index (κ1) is 22.1. The largest absolute Gasteiger partial charge is 0.0622 e. The van der Waals surface area contributed by atoms with Crippen molar-refractivity contribution in [3.8, 4) is 44.5 Å². The predicted octanol–water partition coefficient (Wildman–Crippen LogP) is 10.1. The lowest BCUT2D eigenvalue weighted by atomic mass is 9.78. The molecule has 0 saturated heterocycles. The molecule has 0 fully saturated rings. The molecule has 0 bridgehead atoms. The third-order valence-corrected chi connectivity index (χ3v) is 7.17. The summed E-state index contributed by atoms with van der Waals surface area (Å²) in [4.78, 5) is 0. The summed E-state index contributed by atoms with van der Waals surface area (Å²) in [5.74, 6) is 0. The topological polar surface area (TPSA) is 0 Å². The van der Waals surface area contributed by atoms with Crippen LogP contribution in [0, 0.1) is 13.8 Å². The fourth-order valence-corrected chi connectivity index (χ4v) is 5.35. The number of rotatable bonds is 4. The minimum absolute atomic E-state index is 1.23. The van der Waals surface area contributed by atoms with Gasteiger partial charge in [0, 0.05) is 0 Å². The molecule has 0 N–H and O–H groups in total. The average molecular weight is 461 g/mol. The SMILES string of the molecule is Cc1cc2c(-c3ccccc3)c(-c3ccccc3)c(-c3ccccc3)c(-c3ccccc3)c2cc1C. The van der Waals surface area contributed by atoms with Gasteiger partial charge < -0.3 is 0 Å². The van der Waals surface area contributed by atoms with Crippen LogP contribution in [0.1, 0.15) is 11.1 Å². The van der Waals surface area contributed by atoms with Crippen LogP contribution in [0.3, 0.4) is 0 Å². The maximum absolute atomic E-state index is 2.39. The summed E-state index contributed by atoms with van der Waals surface area (Å²) in [5, 5.41) is 2.59. The van der Waals surface area contributed by atoms with Gasteiger partial charge in [0.2, 0.25) is 0 Å². The summed E-state index contributed by atoms with van der Waals surface area (Å²) in [6.07, 6.45) is 0.